The summed E-state index contributed by atoms with van der Waals surface area (Å²) in [6.07, 6.45) is 1.12. The van der Waals surface area contributed by atoms with Crippen LogP contribution in [-0.4, -0.2) is 43.4 Å². The number of rotatable bonds is 4. The number of nitrogens with zero attached hydrogens (tertiary/aromatic N) is 1. The lowest BCUT2D eigenvalue weighted by molar-refractivity contribution is 0.118. The summed E-state index contributed by atoms with van der Waals surface area (Å²) >= 11 is 0. The lowest BCUT2D eigenvalue weighted by Crippen LogP contribution is -2.38. The Hall–Kier alpha value is -1.06. The number of aliphatic hydroxyl groups is 1. The molecule has 1 aliphatic heterocycles. The van der Waals surface area contributed by atoms with E-state index in [1.54, 1.807) is 0 Å². The van der Waals surface area contributed by atoms with E-state index >= 15 is 0 Å². The average molecular weight is 249 g/mol. The summed E-state index contributed by atoms with van der Waals surface area (Å²) in [6, 6.07) is 8.35. The molecule has 3 nitrogen and oxygen atoms in total. The summed E-state index contributed by atoms with van der Waals surface area (Å²) in [7, 11) is 2.12. The second kappa shape index (κ2) is 6.21. The average Bonchev–Trinajstić information content (AvgIpc) is 2.40. The van der Waals surface area contributed by atoms with Gasteiger partial charge in [-0.25, -0.2) is 0 Å². The molecule has 1 aliphatic rings. The molecule has 1 saturated heterocycles. The third kappa shape index (κ3) is 3.03. The number of likely N-dealkylation sites (tertiary alicyclic amines) is 1. The van der Waals surface area contributed by atoms with Crippen LogP contribution in [0, 0.1) is 5.92 Å². The minimum Gasteiger partial charge on any atom is -0.494 e. The van der Waals surface area contributed by atoms with Gasteiger partial charge in [0.1, 0.15) is 5.75 Å². The van der Waals surface area contributed by atoms with Crippen LogP contribution in [0.25, 0.3) is 0 Å². The highest BCUT2D eigenvalue weighted by Gasteiger charge is 2.28. The lowest BCUT2D eigenvalue weighted by Gasteiger charge is -2.36. The van der Waals surface area contributed by atoms with Gasteiger partial charge in [-0.15, -0.1) is 0 Å². The topological polar surface area (TPSA) is 32.7 Å². The Morgan fingerprint density at radius 2 is 2.06 bits per heavy atom. The Kier molecular flexibility index (Phi) is 4.61. The van der Waals surface area contributed by atoms with Crippen molar-refractivity contribution < 1.29 is 9.84 Å². The summed E-state index contributed by atoms with van der Waals surface area (Å²) in [5, 5.41) is 9.53. The number of ether oxygens (including phenoxy) is 1. The van der Waals surface area contributed by atoms with Crippen LogP contribution in [0.2, 0.25) is 0 Å². The molecule has 0 spiro atoms. The third-order valence-electron chi connectivity index (χ3n) is 3.79. The van der Waals surface area contributed by atoms with Crippen molar-refractivity contribution in [1.82, 2.24) is 4.90 Å². The van der Waals surface area contributed by atoms with Crippen molar-refractivity contribution >= 4 is 0 Å². The summed E-state index contributed by atoms with van der Waals surface area (Å²) in [6.45, 7) is 5.05. The van der Waals surface area contributed by atoms with E-state index in [4.69, 9.17) is 4.74 Å². The minimum atomic E-state index is 0.266. The van der Waals surface area contributed by atoms with E-state index in [0.717, 1.165) is 25.3 Å². The van der Waals surface area contributed by atoms with Crippen molar-refractivity contribution in [3.63, 3.8) is 0 Å². The van der Waals surface area contributed by atoms with Gasteiger partial charge in [-0.05, 0) is 50.6 Å². The van der Waals surface area contributed by atoms with Gasteiger partial charge in [0.05, 0.1) is 6.61 Å². The van der Waals surface area contributed by atoms with E-state index in [-0.39, 0.29) is 6.61 Å². The molecule has 0 aliphatic carbocycles. The Bertz CT molecular complexity index is 363. The second-order valence-electron chi connectivity index (χ2n) is 5.10. The van der Waals surface area contributed by atoms with Crippen LogP contribution in [0.1, 0.15) is 24.8 Å². The van der Waals surface area contributed by atoms with Gasteiger partial charge < -0.3 is 14.7 Å². The first kappa shape index (κ1) is 13.4. The smallest absolute Gasteiger partial charge is 0.119 e. The lowest BCUT2D eigenvalue weighted by atomic mass is 9.81. The molecule has 100 valence electrons. The molecule has 2 rings (SSSR count). The number of piperidine rings is 1. The molecule has 1 heterocycles. The van der Waals surface area contributed by atoms with E-state index in [1.807, 2.05) is 19.1 Å². The minimum absolute atomic E-state index is 0.266. The molecule has 2 atom stereocenters. The van der Waals surface area contributed by atoms with E-state index in [1.165, 1.54) is 5.56 Å². The first-order chi connectivity index (χ1) is 8.74. The maximum atomic E-state index is 9.53. The fraction of sp³-hybridized carbons (Fsp3) is 0.600. The molecule has 18 heavy (non-hydrogen) atoms. The van der Waals surface area contributed by atoms with Gasteiger partial charge >= 0.3 is 0 Å². The monoisotopic (exact) mass is 249 g/mol. The van der Waals surface area contributed by atoms with Crippen LogP contribution in [0.5, 0.6) is 5.75 Å². The van der Waals surface area contributed by atoms with Crippen molar-refractivity contribution in [2.24, 2.45) is 5.92 Å². The normalized spacial score (nSPS) is 25.1. The van der Waals surface area contributed by atoms with Crippen molar-refractivity contribution in [2.75, 3.05) is 33.4 Å². The third-order valence-corrected chi connectivity index (χ3v) is 3.79. The first-order valence-electron chi connectivity index (χ1n) is 6.76. The zero-order chi connectivity index (χ0) is 13.0. The van der Waals surface area contributed by atoms with Crippen LogP contribution < -0.4 is 4.74 Å². The zero-order valence-electron chi connectivity index (χ0n) is 11.3. The van der Waals surface area contributed by atoms with Crippen LogP contribution in [0.15, 0.2) is 24.3 Å². The Morgan fingerprint density at radius 1 is 1.33 bits per heavy atom. The fourth-order valence-electron chi connectivity index (χ4n) is 2.82. The van der Waals surface area contributed by atoms with Gasteiger partial charge in [0, 0.05) is 19.1 Å². The maximum absolute atomic E-state index is 9.53. The maximum Gasteiger partial charge on any atom is 0.119 e. The molecule has 0 saturated carbocycles. The molecule has 3 heteroatoms. The van der Waals surface area contributed by atoms with Gasteiger partial charge in [0.25, 0.3) is 0 Å². The number of hydrogen-bond donors (Lipinski definition) is 1. The Labute approximate surface area is 109 Å². The Morgan fingerprint density at radius 3 is 2.67 bits per heavy atom. The molecule has 1 N–H and O–H groups in total. The predicted molar refractivity (Wildman–Crippen MR) is 73.0 cm³/mol. The molecule has 1 aromatic carbocycles. The molecule has 0 amide bonds. The molecule has 0 radical (unpaired) electrons. The number of benzene rings is 1. The Balaban J connectivity index is 2.09. The van der Waals surface area contributed by atoms with Crippen molar-refractivity contribution in [2.45, 2.75) is 19.3 Å². The van der Waals surface area contributed by atoms with Gasteiger partial charge in [0.2, 0.25) is 0 Å². The van der Waals surface area contributed by atoms with E-state index in [2.05, 4.69) is 24.1 Å². The van der Waals surface area contributed by atoms with Gasteiger partial charge in [-0.3, -0.25) is 0 Å². The zero-order valence-corrected chi connectivity index (χ0v) is 11.3. The van der Waals surface area contributed by atoms with Crippen molar-refractivity contribution in [1.29, 1.82) is 0 Å². The number of hydrogen-bond acceptors (Lipinski definition) is 3. The standard InChI is InChI=1S/C15H23NO2/c1-3-18-14-6-4-12(5-7-14)15-8-9-16(2)10-13(15)11-17/h4-7,13,15,17H,3,8-11H2,1-2H3. The van der Waals surface area contributed by atoms with E-state index in [9.17, 15) is 5.11 Å². The van der Waals surface area contributed by atoms with Crippen LogP contribution in [0.3, 0.4) is 0 Å². The quantitative estimate of drug-likeness (QED) is 0.887. The summed E-state index contributed by atoms with van der Waals surface area (Å²) < 4.78 is 5.46. The molecule has 0 bridgehead atoms. The molecular weight excluding hydrogens is 226 g/mol. The molecule has 1 aromatic rings. The van der Waals surface area contributed by atoms with E-state index < -0.39 is 0 Å². The first-order valence-corrected chi connectivity index (χ1v) is 6.76. The van der Waals surface area contributed by atoms with Crippen molar-refractivity contribution in [3.05, 3.63) is 29.8 Å². The van der Waals surface area contributed by atoms with Crippen LogP contribution in [-0.2, 0) is 0 Å². The second-order valence-corrected chi connectivity index (χ2v) is 5.10. The van der Waals surface area contributed by atoms with Crippen molar-refractivity contribution in [3.8, 4) is 5.75 Å². The molecule has 0 aromatic heterocycles. The fourth-order valence-corrected chi connectivity index (χ4v) is 2.82. The molecule has 2 unspecified atom stereocenters. The largest absolute Gasteiger partial charge is 0.494 e. The summed E-state index contributed by atoms with van der Waals surface area (Å²) in [4.78, 5) is 2.30. The van der Waals surface area contributed by atoms with Gasteiger partial charge in [-0.1, -0.05) is 12.1 Å². The van der Waals surface area contributed by atoms with Gasteiger partial charge in [-0.2, -0.15) is 0 Å². The van der Waals surface area contributed by atoms with E-state index in [0.29, 0.717) is 18.4 Å². The predicted octanol–water partition coefficient (Wildman–Crippen LogP) is 2.11. The summed E-state index contributed by atoms with van der Waals surface area (Å²) in [5.74, 6) is 1.75. The highest BCUT2D eigenvalue weighted by atomic mass is 16.5. The molecular formula is C15H23NO2. The number of aliphatic hydroxyl groups excluding tert-OH is 1. The van der Waals surface area contributed by atoms with Gasteiger partial charge in [0.15, 0.2) is 0 Å². The SMILES string of the molecule is CCOc1ccc(C2CCN(C)CC2CO)cc1. The van der Waals surface area contributed by atoms with Crippen LogP contribution >= 0.6 is 0 Å². The highest BCUT2D eigenvalue weighted by Crippen LogP contribution is 2.33. The van der Waals surface area contributed by atoms with Crippen LogP contribution in [0.4, 0.5) is 0 Å². The summed E-state index contributed by atoms with van der Waals surface area (Å²) in [5.41, 5.74) is 1.32. The molecule has 1 fully saturated rings. The highest BCUT2D eigenvalue weighted by molar-refractivity contribution is 5.30.